The zero-order chi connectivity index (χ0) is 18.5. The van der Waals surface area contributed by atoms with Gasteiger partial charge in [-0.25, -0.2) is 0 Å². The van der Waals surface area contributed by atoms with Gasteiger partial charge in [0.25, 0.3) is 5.91 Å². The molecule has 136 valence electrons. The van der Waals surface area contributed by atoms with E-state index in [1.807, 2.05) is 17.0 Å². The van der Waals surface area contributed by atoms with Gasteiger partial charge in [0, 0.05) is 24.3 Å². The Labute approximate surface area is 152 Å². The first kappa shape index (κ1) is 17.8. The fourth-order valence-corrected chi connectivity index (χ4v) is 3.06. The molecule has 3 rings (SSSR count). The second-order valence-corrected chi connectivity index (χ2v) is 6.38. The van der Waals surface area contributed by atoms with Crippen LogP contribution in [0.3, 0.4) is 0 Å². The molecule has 3 N–H and O–H groups in total. The number of carbonyl (C=O) groups excluding carboxylic acids is 2. The molecule has 6 heteroatoms. The van der Waals surface area contributed by atoms with E-state index >= 15 is 0 Å². The molecule has 1 aliphatic heterocycles. The molecule has 6 nitrogen and oxygen atoms in total. The summed E-state index contributed by atoms with van der Waals surface area (Å²) in [6.07, 6.45) is 2.29. The van der Waals surface area contributed by atoms with Gasteiger partial charge < -0.3 is 20.7 Å². The standard InChI is InChI=1S/C20H23N3O3/c1-26-18-9-6-15(20(25)23-10-2-3-11-23)13-17(18)22-19(24)12-14-4-7-16(21)8-5-14/h4-9,13H,2-3,10-12,21H2,1H3,(H,22,24). The van der Waals surface area contributed by atoms with Crippen molar-refractivity contribution in [1.82, 2.24) is 4.90 Å². The average molecular weight is 353 g/mol. The monoisotopic (exact) mass is 353 g/mol. The normalized spacial score (nSPS) is 13.5. The summed E-state index contributed by atoms with van der Waals surface area (Å²) >= 11 is 0. The average Bonchev–Trinajstić information content (AvgIpc) is 3.17. The van der Waals surface area contributed by atoms with Crippen LogP contribution in [0.25, 0.3) is 0 Å². The molecule has 0 bridgehead atoms. The molecule has 0 spiro atoms. The van der Waals surface area contributed by atoms with Gasteiger partial charge in [0.2, 0.25) is 5.91 Å². The van der Waals surface area contributed by atoms with Gasteiger partial charge in [0.05, 0.1) is 19.2 Å². The van der Waals surface area contributed by atoms with Gasteiger partial charge in [-0.1, -0.05) is 12.1 Å². The lowest BCUT2D eigenvalue weighted by atomic mass is 10.1. The number of carbonyl (C=O) groups is 2. The molecule has 0 atom stereocenters. The summed E-state index contributed by atoms with van der Waals surface area (Å²) in [5.74, 6) is 0.326. The molecule has 2 aromatic rings. The zero-order valence-electron chi connectivity index (χ0n) is 14.8. The second kappa shape index (κ2) is 7.91. The highest BCUT2D eigenvalue weighted by Gasteiger charge is 2.21. The third-order valence-electron chi connectivity index (χ3n) is 4.46. The van der Waals surface area contributed by atoms with E-state index in [4.69, 9.17) is 10.5 Å². The topological polar surface area (TPSA) is 84.7 Å². The lowest BCUT2D eigenvalue weighted by Crippen LogP contribution is -2.27. The molecule has 0 radical (unpaired) electrons. The second-order valence-electron chi connectivity index (χ2n) is 6.38. The van der Waals surface area contributed by atoms with Crippen molar-refractivity contribution in [2.75, 3.05) is 31.2 Å². The highest BCUT2D eigenvalue weighted by Crippen LogP contribution is 2.27. The maximum atomic E-state index is 12.6. The van der Waals surface area contributed by atoms with Crippen molar-refractivity contribution in [1.29, 1.82) is 0 Å². The lowest BCUT2D eigenvalue weighted by molar-refractivity contribution is -0.115. The number of anilines is 2. The van der Waals surface area contributed by atoms with Gasteiger partial charge in [-0.3, -0.25) is 9.59 Å². The number of hydrogen-bond acceptors (Lipinski definition) is 4. The maximum absolute atomic E-state index is 12.6. The number of nitrogens with two attached hydrogens (primary N) is 1. The fourth-order valence-electron chi connectivity index (χ4n) is 3.06. The first-order chi connectivity index (χ1) is 12.6. The van der Waals surface area contributed by atoms with Crippen LogP contribution < -0.4 is 15.8 Å². The highest BCUT2D eigenvalue weighted by atomic mass is 16.5. The van der Waals surface area contributed by atoms with E-state index in [0.29, 0.717) is 22.7 Å². The molecule has 0 unspecified atom stereocenters. The molecule has 0 saturated carbocycles. The number of hydrogen-bond donors (Lipinski definition) is 2. The third-order valence-corrected chi connectivity index (χ3v) is 4.46. The summed E-state index contributed by atoms with van der Waals surface area (Å²) in [6.45, 7) is 1.56. The molecule has 0 aromatic heterocycles. The Kier molecular flexibility index (Phi) is 5.41. The Hall–Kier alpha value is -3.02. The van der Waals surface area contributed by atoms with E-state index in [2.05, 4.69) is 5.32 Å². The molecule has 2 aromatic carbocycles. The molecule has 0 aliphatic carbocycles. The minimum atomic E-state index is -0.182. The Balaban J connectivity index is 1.74. The first-order valence-electron chi connectivity index (χ1n) is 8.68. The van der Waals surface area contributed by atoms with Crippen molar-refractivity contribution >= 4 is 23.2 Å². The molecular weight excluding hydrogens is 330 g/mol. The van der Waals surface area contributed by atoms with Crippen LogP contribution in [0.1, 0.15) is 28.8 Å². The predicted molar refractivity (Wildman–Crippen MR) is 101 cm³/mol. The van der Waals surface area contributed by atoms with E-state index in [0.717, 1.165) is 31.5 Å². The molecule has 1 fully saturated rings. The maximum Gasteiger partial charge on any atom is 0.253 e. The fraction of sp³-hybridized carbons (Fsp3) is 0.300. The van der Waals surface area contributed by atoms with E-state index in [-0.39, 0.29) is 18.2 Å². The predicted octanol–water partition coefficient (Wildman–Crippen LogP) is 2.69. The Morgan fingerprint density at radius 3 is 2.46 bits per heavy atom. The van der Waals surface area contributed by atoms with Gasteiger partial charge in [0.15, 0.2) is 0 Å². The number of amides is 2. The summed E-state index contributed by atoms with van der Waals surface area (Å²) in [5, 5.41) is 2.84. The number of likely N-dealkylation sites (tertiary alicyclic amines) is 1. The Morgan fingerprint density at radius 1 is 1.12 bits per heavy atom. The molecule has 26 heavy (non-hydrogen) atoms. The van der Waals surface area contributed by atoms with Crippen molar-refractivity contribution in [3.8, 4) is 5.75 Å². The van der Waals surface area contributed by atoms with Crippen LogP contribution in [0.5, 0.6) is 5.75 Å². The van der Waals surface area contributed by atoms with Gasteiger partial charge >= 0.3 is 0 Å². The Bertz CT molecular complexity index is 796. The van der Waals surface area contributed by atoms with Crippen LogP contribution in [0, 0.1) is 0 Å². The summed E-state index contributed by atoms with van der Waals surface area (Å²) in [6, 6.07) is 12.3. The van der Waals surface area contributed by atoms with Crippen molar-refractivity contribution in [2.24, 2.45) is 0 Å². The van der Waals surface area contributed by atoms with Crippen LogP contribution in [-0.4, -0.2) is 36.9 Å². The molecule has 1 heterocycles. The van der Waals surface area contributed by atoms with Crippen molar-refractivity contribution in [3.05, 3.63) is 53.6 Å². The summed E-state index contributed by atoms with van der Waals surface area (Å²) in [4.78, 5) is 26.8. The quantitative estimate of drug-likeness (QED) is 0.810. The van der Waals surface area contributed by atoms with E-state index < -0.39 is 0 Å². The SMILES string of the molecule is COc1ccc(C(=O)N2CCCC2)cc1NC(=O)Cc1ccc(N)cc1. The van der Waals surface area contributed by atoms with E-state index in [9.17, 15) is 9.59 Å². The molecule has 1 aliphatic rings. The highest BCUT2D eigenvalue weighted by molar-refractivity contribution is 5.99. The molecule has 2 amide bonds. The minimum absolute atomic E-state index is 0.0146. The van der Waals surface area contributed by atoms with Crippen LogP contribution >= 0.6 is 0 Å². The van der Waals surface area contributed by atoms with Crippen LogP contribution in [0.2, 0.25) is 0 Å². The number of nitrogens with one attached hydrogen (secondary N) is 1. The molecule has 1 saturated heterocycles. The zero-order valence-corrected chi connectivity index (χ0v) is 14.8. The van der Waals surface area contributed by atoms with Crippen molar-refractivity contribution in [2.45, 2.75) is 19.3 Å². The smallest absolute Gasteiger partial charge is 0.253 e. The van der Waals surface area contributed by atoms with Crippen LogP contribution in [0.4, 0.5) is 11.4 Å². The van der Waals surface area contributed by atoms with Gasteiger partial charge in [-0.15, -0.1) is 0 Å². The summed E-state index contributed by atoms with van der Waals surface area (Å²) < 4.78 is 5.32. The van der Waals surface area contributed by atoms with E-state index in [1.165, 1.54) is 7.11 Å². The number of benzene rings is 2. The Morgan fingerprint density at radius 2 is 1.81 bits per heavy atom. The number of nitrogens with zero attached hydrogens (tertiary/aromatic N) is 1. The lowest BCUT2D eigenvalue weighted by Gasteiger charge is -2.17. The van der Waals surface area contributed by atoms with Gasteiger partial charge in [-0.2, -0.15) is 0 Å². The third kappa shape index (κ3) is 4.14. The van der Waals surface area contributed by atoms with E-state index in [1.54, 1.807) is 30.3 Å². The van der Waals surface area contributed by atoms with Crippen LogP contribution in [-0.2, 0) is 11.2 Å². The summed E-state index contributed by atoms with van der Waals surface area (Å²) in [7, 11) is 1.53. The van der Waals surface area contributed by atoms with Crippen LogP contribution in [0.15, 0.2) is 42.5 Å². The largest absolute Gasteiger partial charge is 0.495 e. The number of methoxy groups -OCH3 is 1. The van der Waals surface area contributed by atoms with Crippen molar-refractivity contribution < 1.29 is 14.3 Å². The van der Waals surface area contributed by atoms with Gasteiger partial charge in [0.1, 0.15) is 5.75 Å². The van der Waals surface area contributed by atoms with Gasteiger partial charge in [-0.05, 0) is 48.7 Å². The first-order valence-corrected chi connectivity index (χ1v) is 8.68. The number of rotatable bonds is 5. The molecular formula is C20H23N3O3. The van der Waals surface area contributed by atoms with Crippen molar-refractivity contribution in [3.63, 3.8) is 0 Å². The summed E-state index contributed by atoms with van der Waals surface area (Å²) in [5.41, 5.74) is 8.23. The number of nitrogen functional groups attached to an aromatic ring is 1. The number of ether oxygens (including phenoxy) is 1. The minimum Gasteiger partial charge on any atom is -0.495 e.